The predicted octanol–water partition coefficient (Wildman–Crippen LogP) is 4.00. The molecule has 1 rings (SSSR count). The van der Waals surface area contributed by atoms with Crippen LogP contribution in [0.1, 0.15) is 38.8 Å². The maximum atomic E-state index is 12.1. The average Bonchev–Trinajstić information content (AvgIpc) is 2.31. The van der Waals surface area contributed by atoms with Gasteiger partial charge in [0.05, 0.1) is 44.3 Å². The summed E-state index contributed by atoms with van der Waals surface area (Å²) in [6, 6.07) is 6.88. The largest absolute Gasteiger partial charge is 0.242 e. The standard InChI is InChI=1S/C13H16Cl2N2OS/c1-13(2,3)19(18)17-11(7-8-16)9-5-4-6-10(14)12(9)15/h4-6,11,17H,7H2,1-3H3. The first-order chi connectivity index (χ1) is 8.77. The Bertz CT molecular complexity index is 520. The molecule has 0 radical (unpaired) electrons. The maximum absolute atomic E-state index is 12.1. The summed E-state index contributed by atoms with van der Waals surface area (Å²) in [6.45, 7) is 5.58. The molecule has 6 heteroatoms. The topological polar surface area (TPSA) is 52.9 Å². The van der Waals surface area contributed by atoms with Crippen molar-refractivity contribution in [2.45, 2.75) is 38.0 Å². The van der Waals surface area contributed by atoms with Crippen LogP contribution in [0.2, 0.25) is 10.0 Å². The van der Waals surface area contributed by atoms with E-state index < -0.39 is 21.8 Å². The lowest BCUT2D eigenvalue weighted by Crippen LogP contribution is -2.35. The highest BCUT2D eigenvalue weighted by Crippen LogP contribution is 2.32. The van der Waals surface area contributed by atoms with E-state index >= 15 is 0 Å². The number of hydrogen-bond donors (Lipinski definition) is 1. The van der Waals surface area contributed by atoms with Gasteiger partial charge >= 0.3 is 0 Å². The molecule has 0 heterocycles. The zero-order valence-electron chi connectivity index (χ0n) is 11.0. The van der Waals surface area contributed by atoms with Gasteiger partial charge in [-0.05, 0) is 32.4 Å². The van der Waals surface area contributed by atoms with Crippen LogP contribution in [-0.4, -0.2) is 8.96 Å². The van der Waals surface area contributed by atoms with Crippen molar-refractivity contribution in [3.8, 4) is 6.07 Å². The van der Waals surface area contributed by atoms with E-state index in [9.17, 15) is 4.21 Å². The molecule has 0 aliphatic rings. The van der Waals surface area contributed by atoms with Crippen LogP contribution in [0.25, 0.3) is 0 Å². The molecule has 2 atom stereocenters. The first-order valence-corrected chi connectivity index (χ1v) is 7.67. The van der Waals surface area contributed by atoms with Crippen molar-refractivity contribution in [1.82, 2.24) is 4.72 Å². The molecule has 0 aromatic heterocycles. The van der Waals surface area contributed by atoms with Gasteiger partial charge in [0.25, 0.3) is 0 Å². The Morgan fingerprint density at radius 2 is 2.05 bits per heavy atom. The second-order valence-electron chi connectivity index (χ2n) is 5.06. The third kappa shape index (κ3) is 4.47. The fraction of sp³-hybridized carbons (Fsp3) is 0.462. The summed E-state index contributed by atoms with van der Waals surface area (Å²) in [4.78, 5) is 0. The van der Waals surface area contributed by atoms with E-state index in [0.29, 0.717) is 15.6 Å². The fourth-order valence-corrected chi connectivity index (χ4v) is 2.66. The van der Waals surface area contributed by atoms with Crippen LogP contribution in [0.15, 0.2) is 18.2 Å². The lowest BCUT2D eigenvalue weighted by atomic mass is 10.1. The van der Waals surface area contributed by atoms with Gasteiger partial charge in [-0.25, -0.2) is 8.93 Å². The van der Waals surface area contributed by atoms with Gasteiger partial charge in [0.1, 0.15) is 0 Å². The molecule has 0 fully saturated rings. The summed E-state index contributed by atoms with van der Waals surface area (Å²) >= 11 is 12.1. The van der Waals surface area contributed by atoms with Gasteiger partial charge in [-0.3, -0.25) is 0 Å². The van der Waals surface area contributed by atoms with Crippen molar-refractivity contribution in [2.24, 2.45) is 0 Å². The average molecular weight is 319 g/mol. The van der Waals surface area contributed by atoms with E-state index in [4.69, 9.17) is 28.5 Å². The van der Waals surface area contributed by atoms with Gasteiger partial charge in [-0.2, -0.15) is 5.26 Å². The summed E-state index contributed by atoms with van der Waals surface area (Å²) in [5, 5.41) is 9.72. The smallest absolute Gasteiger partial charge is 0.0976 e. The van der Waals surface area contributed by atoms with E-state index in [-0.39, 0.29) is 6.42 Å². The molecule has 19 heavy (non-hydrogen) atoms. The summed E-state index contributed by atoms with van der Waals surface area (Å²) in [7, 11) is -1.29. The molecule has 0 saturated heterocycles. The molecule has 0 saturated carbocycles. The van der Waals surface area contributed by atoms with Gasteiger partial charge < -0.3 is 0 Å². The van der Waals surface area contributed by atoms with Crippen molar-refractivity contribution < 1.29 is 4.21 Å². The zero-order valence-corrected chi connectivity index (χ0v) is 13.4. The molecule has 0 amide bonds. The number of halogens is 2. The van der Waals surface area contributed by atoms with Gasteiger partial charge in [0.15, 0.2) is 0 Å². The van der Waals surface area contributed by atoms with E-state index in [1.165, 1.54) is 0 Å². The van der Waals surface area contributed by atoms with E-state index in [0.717, 1.165) is 0 Å². The number of benzene rings is 1. The highest BCUT2D eigenvalue weighted by Gasteiger charge is 2.25. The van der Waals surface area contributed by atoms with Gasteiger partial charge in [-0.1, -0.05) is 35.3 Å². The fourth-order valence-electron chi connectivity index (χ4n) is 1.40. The van der Waals surface area contributed by atoms with Crippen LogP contribution in [0.4, 0.5) is 0 Å². The summed E-state index contributed by atoms with van der Waals surface area (Å²) in [5.41, 5.74) is 0.688. The maximum Gasteiger partial charge on any atom is 0.0976 e. The van der Waals surface area contributed by atoms with E-state index in [1.807, 2.05) is 20.8 Å². The molecule has 0 aliphatic heterocycles. The number of rotatable bonds is 4. The number of nitrogens with one attached hydrogen (secondary N) is 1. The van der Waals surface area contributed by atoms with Crippen LogP contribution in [0, 0.1) is 11.3 Å². The SMILES string of the molecule is CC(C)(C)S(=O)NC(CC#N)c1cccc(Cl)c1Cl. The molecule has 104 valence electrons. The van der Waals surface area contributed by atoms with Crippen molar-refractivity contribution in [3.05, 3.63) is 33.8 Å². The molecule has 2 unspecified atom stereocenters. The molecule has 1 aromatic carbocycles. The third-order valence-electron chi connectivity index (χ3n) is 2.46. The van der Waals surface area contributed by atoms with E-state index in [2.05, 4.69) is 10.8 Å². The lowest BCUT2D eigenvalue weighted by molar-refractivity contribution is 0.603. The molecule has 0 spiro atoms. The van der Waals surface area contributed by atoms with Gasteiger partial charge in [0, 0.05) is 0 Å². The Kier molecular flexibility index (Phi) is 5.82. The number of hydrogen-bond acceptors (Lipinski definition) is 2. The number of nitrogens with zero attached hydrogens (tertiary/aromatic N) is 1. The number of nitriles is 1. The Balaban J connectivity index is 3.05. The first-order valence-electron chi connectivity index (χ1n) is 5.76. The van der Waals surface area contributed by atoms with Crippen LogP contribution < -0.4 is 4.72 Å². The summed E-state index contributed by atoms with van der Waals surface area (Å²) < 4.78 is 14.7. The van der Waals surface area contributed by atoms with Gasteiger partial charge in [-0.15, -0.1) is 0 Å². The lowest BCUT2D eigenvalue weighted by Gasteiger charge is -2.23. The van der Waals surface area contributed by atoms with Crippen molar-refractivity contribution in [3.63, 3.8) is 0 Å². The highest BCUT2D eigenvalue weighted by atomic mass is 35.5. The van der Waals surface area contributed by atoms with Crippen LogP contribution >= 0.6 is 23.2 Å². The molecule has 0 aliphatic carbocycles. The summed E-state index contributed by atoms with van der Waals surface area (Å²) in [6.07, 6.45) is 0.169. The van der Waals surface area contributed by atoms with Crippen LogP contribution in [0.5, 0.6) is 0 Å². The second kappa shape index (κ2) is 6.71. The van der Waals surface area contributed by atoms with Crippen LogP contribution in [0.3, 0.4) is 0 Å². The molecule has 1 aromatic rings. The minimum Gasteiger partial charge on any atom is -0.242 e. The summed E-state index contributed by atoms with van der Waals surface area (Å²) in [5.74, 6) is 0. The van der Waals surface area contributed by atoms with Crippen molar-refractivity contribution >= 4 is 34.2 Å². The predicted molar refractivity (Wildman–Crippen MR) is 80.5 cm³/mol. The Hall–Kier alpha value is -0.600. The Morgan fingerprint density at radius 3 is 2.58 bits per heavy atom. The molecule has 0 bridgehead atoms. The normalized spacial score (nSPS) is 14.7. The van der Waals surface area contributed by atoms with Crippen LogP contribution in [-0.2, 0) is 11.0 Å². The van der Waals surface area contributed by atoms with E-state index in [1.54, 1.807) is 18.2 Å². The molecule has 1 N–H and O–H groups in total. The molecular weight excluding hydrogens is 303 g/mol. The highest BCUT2D eigenvalue weighted by molar-refractivity contribution is 7.84. The Morgan fingerprint density at radius 1 is 1.42 bits per heavy atom. The van der Waals surface area contributed by atoms with Crippen molar-refractivity contribution in [1.29, 1.82) is 5.26 Å². The third-order valence-corrected chi connectivity index (χ3v) is 4.90. The van der Waals surface area contributed by atoms with Gasteiger partial charge in [0.2, 0.25) is 0 Å². The minimum absolute atomic E-state index is 0.169. The first kappa shape index (κ1) is 16.5. The minimum atomic E-state index is -1.29. The second-order valence-corrected chi connectivity index (χ2v) is 7.84. The molecule has 3 nitrogen and oxygen atoms in total. The zero-order chi connectivity index (χ0) is 14.6. The quantitative estimate of drug-likeness (QED) is 0.912. The molecular formula is C13H16Cl2N2OS. The Labute approximate surface area is 126 Å². The monoisotopic (exact) mass is 318 g/mol. The van der Waals surface area contributed by atoms with Crippen molar-refractivity contribution in [2.75, 3.05) is 0 Å².